The topological polar surface area (TPSA) is 47.1 Å². The maximum Gasteiger partial charge on any atom is 0.0641 e. The molecule has 0 saturated carbocycles. The van der Waals surface area contributed by atoms with Crippen molar-refractivity contribution in [3.8, 4) is 0 Å². The van der Waals surface area contributed by atoms with Crippen molar-refractivity contribution in [1.29, 1.82) is 0 Å². The Morgan fingerprint density at radius 1 is 1.50 bits per heavy atom. The maximum atomic E-state index is 6.04. The average Bonchev–Trinajstić information content (AvgIpc) is 2.65. The molecule has 1 aromatic heterocycles. The van der Waals surface area contributed by atoms with Crippen LogP contribution in [0.2, 0.25) is 0 Å². The first-order valence-corrected chi connectivity index (χ1v) is 7.00. The second kappa shape index (κ2) is 5.41. The molecule has 0 bridgehead atoms. The standard InChI is InChI=1S/C14H26N4/c1-10-6-5-7-18(12(10)3)14(8-15)13-9-17(4)16-11(13)2/h9-10,12,14H,5-8,15H2,1-4H3. The molecule has 2 heterocycles. The van der Waals surface area contributed by atoms with E-state index >= 15 is 0 Å². The van der Waals surface area contributed by atoms with E-state index in [9.17, 15) is 0 Å². The Morgan fingerprint density at radius 3 is 2.78 bits per heavy atom. The normalized spacial score (nSPS) is 27.4. The van der Waals surface area contributed by atoms with E-state index in [1.54, 1.807) is 0 Å². The molecule has 1 aromatic rings. The lowest BCUT2D eigenvalue weighted by Gasteiger charge is -2.42. The van der Waals surface area contributed by atoms with Crippen molar-refractivity contribution < 1.29 is 0 Å². The molecular weight excluding hydrogens is 224 g/mol. The minimum absolute atomic E-state index is 0.316. The number of nitrogens with two attached hydrogens (primary N) is 1. The van der Waals surface area contributed by atoms with Crippen molar-refractivity contribution in [2.24, 2.45) is 18.7 Å². The van der Waals surface area contributed by atoms with Crippen molar-refractivity contribution in [3.05, 3.63) is 17.5 Å². The van der Waals surface area contributed by atoms with Gasteiger partial charge in [-0.2, -0.15) is 5.10 Å². The van der Waals surface area contributed by atoms with Crippen LogP contribution in [-0.2, 0) is 7.05 Å². The second-order valence-electron chi connectivity index (χ2n) is 5.69. The number of piperidine rings is 1. The number of rotatable bonds is 3. The van der Waals surface area contributed by atoms with Gasteiger partial charge in [-0.1, -0.05) is 6.92 Å². The lowest BCUT2D eigenvalue weighted by molar-refractivity contribution is 0.0707. The lowest BCUT2D eigenvalue weighted by Crippen LogP contribution is -2.46. The van der Waals surface area contributed by atoms with Gasteiger partial charge in [0.2, 0.25) is 0 Å². The van der Waals surface area contributed by atoms with Crippen molar-refractivity contribution in [3.63, 3.8) is 0 Å². The Morgan fingerprint density at radius 2 is 2.22 bits per heavy atom. The molecule has 4 heteroatoms. The first kappa shape index (κ1) is 13.6. The summed E-state index contributed by atoms with van der Waals surface area (Å²) >= 11 is 0. The van der Waals surface area contributed by atoms with E-state index in [0.29, 0.717) is 18.6 Å². The third-order valence-electron chi connectivity index (χ3n) is 4.46. The third kappa shape index (κ3) is 2.45. The van der Waals surface area contributed by atoms with Crippen molar-refractivity contribution in [2.75, 3.05) is 13.1 Å². The number of likely N-dealkylation sites (tertiary alicyclic amines) is 1. The van der Waals surface area contributed by atoms with E-state index < -0.39 is 0 Å². The average molecular weight is 250 g/mol. The van der Waals surface area contributed by atoms with Crippen LogP contribution in [0, 0.1) is 12.8 Å². The summed E-state index contributed by atoms with van der Waals surface area (Å²) in [4.78, 5) is 2.57. The first-order valence-electron chi connectivity index (χ1n) is 7.00. The predicted octanol–water partition coefficient (Wildman–Crippen LogP) is 1.85. The van der Waals surface area contributed by atoms with Crippen LogP contribution in [0.3, 0.4) is 0 Å². The minimum atomic E-state index is 0.316. The highest BCUT2D eigenvalue weighted by atomic mass is 15.3. The van der Waals surface area contributed by atoms with Gasteiger partial charge >= 0.3 is 0 Å². The molecule has 0 spiro atoms. The van der Waals surface area contributed by atoms with Gasteiger partial charge in [0.1, 0.15) is 0 Å². The molecule has 2 N–H and O–H groups in total. The SMILES string of the molecule is Cc1nn(C)cc1C(CN)N1CCCC(C)C1C. The maximum absolute atomic E-state index is 6.04. The Hall–Kier alpha value is -0.870. The van der Waals surface area contributed by atoms with Gasteiger partial charge in [0, 0.05) is 31.4 Å². The summed E-state index contributed by atoms with van der Waals surface area (Å²) in [7, 11) is 1.98. The molecule has 2 rings (SSSR count). The highest BCUT2D eigenvalue weighted by Gasteiger charge is 2.31. The van der Waals surface area contributed by atoms with E-state index in [1.807, 2.05) is 11.7 Å². The minimum Gasteiger partial charge on any atom is -0.329 e. The quantitative estimate of drug-likeness (QED) is 0.890. The van der Waals surface area contributed by atoms with E-state index in [4.69, 9.17) is 5.73 Å². The number of hydrogen-bond donors (Lipinski definition) is 1. The molecule has 18 heavy (non-hydrogen) atoms. The Bertz CT molecular complexity index is 398. The van der Waals surface area contributed by atoms with Crippen LogP contribution in [0.25, 0.3) is 0 Å². The molecule has 3 atom stereocenters. The van der Waals surface area contributed by atoms with Crippen LogP contribution in [0.1, 0.15) is 44.0 Å². The zero-order valence-corrected chi connectivity index (χ0v) is 12.1. The number of aromatic nitrogens is 2. The summed E-state index contributed by atoms with van der Waals surface area (Å²) in [5.41, 5.74) is 8.44. The van der Waals surface area contributed by atoms with E-state index in [1.165, 1.54) is 18.4 Å². The summed E-state index contributed by atoms with van der Waals surface area (Å²) in [5, 5.41) is 4.45. The van der Waals surface area contributed by atoms with Crippen LogP contribution < -0.4 is 5.73 Å². The number of hydrogen-bond acceptors (Lipinski definition) is 3. The number of nitrogens with zero attached hydrogens (tertiary/aromatic N) is 3. The van der Waals surface area contributed by atoms with Crippen molar-refractivity contribution in [2.45, 2.75) is 45.7 Å². The van der Waals surface area contributed by atoms with Gasteiger partial charge in [0.25, 0.3) is 0 Å². The zero-order chi connectivity index (χ0) is 13.3. The van der Waals surface area contributed by atoms with Crippen LogP contribution in [0.5, 0.6) is 0 Å². The third-order valence-corrected chi connectivity index (χ3v) is 4.46. The first-order chi connectivity index (χ1) is 8.54. The fourth-order valence-electron chi connectivity index (χ4n) is 3.19. The molecule has 1 aliphatic rings. The summed E-state index contributed by atoms with van der Waals surface area (Å²) < 4.78 is 1.89. The van der Waals surface area contributed by atoms with Crippen LogP contribution in [-0.4, -0.2) is 33.8 Å². The number of aryl methyl sites for hydroxylation is 2. The lowest BCUT2D eigenvalue weighted by atomic mass is 9.89. The highest BCUT2D eigenvalue weighted by molar-refractivity contribution is 5.21. The van der Waals surface area contributed by atoms with Gasteiger partial charge in [0.05, 0.1) is 11.7 Å². The monoisotopic (exact) mass is 250 g/mol. The van der Waals surface area contributed by atoms with Gasteiger partial charge in [-0.25, -0.2) is 0 Å². The van der Waals surface area contributed by atoms with E-state index in [0.717, 1.165) is 18.2 Å². The predicted molar refractivity (Wildman–Crippen MR) is 74.3 cm³/mol. The Balaban J connectivity index is 2.25. The summed E-state index contributed by atoms with van der Waals surface area (Å²) in [5.74, 6) is 0.754. The molecule has 0 aliphatic carbocycles. The molecule has 0 aromatic carbocycles. The smallest absolute Gasteiger partial charge is 0.0641 e. The van der Waals surface area contributed by atoms with Gasteiger partial charge < -0.3 is 5.73 Å². The molecule has 1 aliphatic heterocycles. The van der Waals surface area contributed by atoms with Crippen LogP contribution >= 0.6 is 0 Å². The molecule has 1 fully saturated rings. The van der Waals surface area contributed by atoms with Gasteiger partial charge in [-0.3, -0.25) is 9.58 Å². The second-order valence-corrected chi connectivity index (χ2v) is 5.69. The molecule has 4 nitrogen and oxygen atoms in total. The molecule has 3 unspecified atom stereocenters. The van der Waals surface area contributed by atoms with Crippen molar-refractivity contribution >= 4 is 0 Å². The van der Waals surface area contributed by atoms with Crippen LogP contribution in [0.15, 0.2) is 6.20 Å². The summed E-state index contributed by atoms with van der Waals surface area (Å²) in [6.45, 7) is 8.58. The summed E-state index contributed by atoms with van der Waals surface area (Å²) in [6, 6.07) is 0.920. The van der Waals surface area contributed by atoms with E-state index in [-0.39, 0.29) is 0 Å². The fourth-order valence-corrected chi connectivity index (χ4v) is 3.19. The molecule has 0 amide bonds. The molecule has 0 radical (unpaired) electrons. The van der Waals surface area contributed by atoms with Gasteiger partial charge in [0.15, 0.2) is 0 Å². The zero-order valence-electron chi connectivity index (χ0n) is 12.1. The van der Waals surface area contributed by atoms with Gasteiger partial charge in [-0.05, 0) is 39.2 Å². The summed E-state index contributed by atoms with van der Waals surface area (Å²) in [6.07, 6.45) is 4.74. The highest BCUT2D eigenvalue weighted by Crippen LogP contribution is 2.31. The van der Waals surface area contributed by atoms with Crippen LogP contribution in [0.4, 0.5) is 0 Å². The fraction of sp³-hybridized carbons (Fsp3) is 0.786. The van der Waals surface area contributed by atoms with Gasteiger partial charge in [-0.15, -0.1) is 0 Å². The van der Waals surface area contributed by atoms with Crippen molar-refractivity contribution in [1.82, 2.24) is 14.7 Å². The molecule has 1 saturated heterocycles. The Kier molecular flexibility index (Phi) is 4.07. The largest absolute Gasteiger partial charge is 0.329 e. The Labute approximate surface area is 110 Å². The molecular formula is C14H26N4. The van der Waals surface area contributed by atoms with E-state index in [2.05, 4.69) is 37.0 Å². The molecule has 102 valence electrons.